The Morgan fingerprint density at radius 3 is 3.13 bits per heavy atom. The van der Waals surface area contributed by atoms with E-state index in [1.807, 2.05) is 18.4 Å². The first-order valence-electron chi connectivity index (χ1n) is 5.31. The summed E-state index contributed by atoms with van der Waals surface area (Å²) < 4.78 is 6.90. The molecular formula is C11H16BrNOS. The fourth-order valence-electron chi connectivity index (χ4n) is 2.02. The number of ether oxygens (including phenoxy) is 1. The lowest BCUT2D eigenvalue weighted by molar-refractivity contribution is 0.0811. The molecule has 1 saturated heterocycles. The topological polar surface area (TPSA) is 21.3 Å². The molecule has 2 rings (SSSR count). The van der Waals surface area contributed by atoms with Crippen LogP contribution in [-0.2, 0) is 11.2 Å². The Hall–Kier alpha value is 0.1000. The largest absolute Gasteiger partial charge is 0.377 e. The quantitative estimate of drug-likeness (QED) is 0.920. The molecule has 2 heterocycles. The van der Waals surface area contributed by atoms with Crippen LogP contribution in [0.15, 0.2) is 15.9 Å². The van der Waals surface area contributed by atoms with Crippen molar-refractivity contribution >= 4 is 27.3 Å². The molecule has 1 aliphatic rings. The predicted octanol–water partition coefficient (Wildman–Crippen LogP) is 2.82. The van der Waals surface area contributed by atoms with Crippen LogP contribution < -0.4 is 5.32 Å². The number of hydrogen-bond acceptors (Lipinski definition) is 3. The fourth-order valence-corrected chi connectivity index (χ4v) is 3.53. The number of likely N-dealkylation sites (N-methyl/N-ethyl adjacent to an activating group) is 1. The summed E-state index contributed by atoms with van der Waals surface area (Å²) in [5, 5.41) is 5.50. The van der Waals surface area contributed by atoms with Crippen molar-refractivity contribution in [3.8, 4) is 0 Å². The summed E-state index contributed by atoms with van der Waals surface area (Å²) in [4.78, 5) is 1.41. The van der Waals surface area contributed by atoms with E-state index in [4.69, 9.17) is 4.74 Å². The van der Waals surface area contributed by atoms with Crippen molar-refractivity contribution in [1.29, 1.82) is 0 Å². The average molecular weight is 290 g/mol. The number of hydrogen-bond donors (Lipinski definition) is 1. The van der Waals surface area contributed by atoms with Gasteiger partial charge in [0, 0.05) is 27.4 Å². The molecule has 0 spiro atoms. The zero-order valence-corrected chi connectivity index (χ0v) is 11.2. The normalized spacial score (nSPS) is 23.2. The van der Waals surface area contributed by atoms with Gasteiger partial charge in [0.1, 0.15) is 0 Å². The third-order valence-corrected chi connectivity index (χ3v) is 4.55. The van der Waals surface area contributed by atoms with Crippen LogP contribution >= 0.6 is 27.3 Å². The highest BCUT2D eigenvalue weighted by Gasteiger charge is 2.25. The first-order valence-corrected chi connectivity index (χ1v) is 6.98. The van der Waals surface area contributed by atoms with Crippen molar-refractivity contribution in [3.05, 3.63) is 20.8 Å². The van der Waals surface area contributed by atoms with Gasteiger partial charge in [-0.25, -0.2) is 0 Å². The van der Waals surface area contributed by atoms with Gasteiger partial charge in [-0.2, -0.15) is 0 Å². The highest BCUT2D eigenvalue weighted by Crippen LogP contribution is 2.24. The lowest BCUT2D eigenvalue weighted by atomic mass is 10.0. The van der Waals surface area contributed by atoms with Crippen LogP contribution in [0.3, 0.4) is 0 Å². The molecule has 0 saturated carbocycles. The van der Waals surface area contributed by atoms with Crippen molar-refractivity contribution in [3.63, 3.8) is 0 Å². The Bertz CT molecular complexity index is 309. The van der Waals surface area contributed by atoms with Gasteiger partial charge in [0.05, 0.1) is 6.10 Å². The van der Waals surface area contributed by atoms with E-state index in [9.17, 15) is 0 Å². The maximum Gasteiger partial charge on any atom is 0.0732 e. The van der Waals surface area contributed by atoms with E-state index in [1.165, 1.54) is 22.2 Å². The van der Waals surface area contributed by atoms with Crippen molar-refractivity contribution in [2.45, 2.75) is 31.4 Å². The fraction of sp³-hybridized carbons (Fsp3) is 0.636. The summed E-state index contributed by atoms with van der Waals surface area (Å²) in [5.41, 5.74) is 0. The summed E-state index contributed by atoms with van der Waals surface area (Å²) in [7, 11) is 2.02. The molecule has 4 heteroatoms. The molecule has 2 atom stereocenters. The zero-order chi connectivity index (χ0) is 10.7. The van der Waals surface area contributed by atoms with Crippen molar-refractivity contribution in [1.82, 2.24) is 5.32 Å². The Labute approximate surface area is 103 Å². The molecule has 1 fully saturated rings. The molecule has 1 aromatic rings. The first kappa shape index (κ1) is 11.6. The van der Waals surface area contributed by atoms with E-state index in [2.05, 4.69) is 32.7 Å². The summed E-state index contributed by atoms with van der Waals surface area (Å²) in [6, 6.07) is 2.65. The van der Waals surface area contributed by atoms with Crippen LogP contribution in [0.2, 0.25) is 0 Å². The van der Waals surface area contributed by atoms with E-state index in [-0.39, 0.29) is 0 Å². The van der Waals surface area contributed by atoms with Crippen LogP contribution in [-0.4, -0.2) is 25.8 Å². The van der Waals surface area contributed by atoms with Crippen molar-refractivity contribution in [2.75, 3.05) is 13.7 Å². The molecule has 84 valence electrons. The molecule has 1 aromatic heterocycles. The van der Waals surface area contributed by atoms with Crippen LogP contribution in [0.1, 0.15) is 17.7 Å². The lowest BCUT2D eigenvalue weighted by Gasteiger charge is -2.21. The van der Waals surface area contributed by atoms with Gasteiger partial charge in [-0.1, -0.05) is 0 Å². The molecule has 0 radical (unpaired) electrons. The molecule has 1 aliphatic heterocycles. The average Bonchev–Trinajstić information content (AvgIpc) is 2.85. The van der Waals surface area contributed by atoms with Gasteiger partial charge >= 0.3 is 0 Å². The zero-order valence-electron chi connectivity index (χ0n) is 8.83. The van der Waals surface area contributed by atoms with Gasteiger partial charge in [-0.05, 0) is 48.3 Å². The van der Waals surface area contributed by atoms with Crippen LogP contribution in [0.5, 0.6) is 0 Å². The maximum atomic E-state index is 5.72. The van der Waals surface area contributed by atoms with Crippen LogP contribution in [0.4, 0.5) is 0 Å². The van der Waals surface area contributed by atoms with Gasteiger partial charge in [-0.3, -0.25) is 0 Å². The molecule has 0 amide bonds. The second-order valence-electron chi connectivity index (χ2n) is 3.88. The van der Waals surface area contributed by atoms with Crippen LogP contribution in [0.25, 0.3) is 0 Å². The minimum absolute atomic E-state index is 0.399. The van der Waals surface area contributed by atoms with E-state index >= 15 is 0 Å². The van der Waals surface area contributed by atoms with Crippen molar-refractivity contribution < 1.29 is 4.74 Å². The summed E-state index contributed by atoms with van der Waals surface area (Å²) in [5.74, 6) is 0. The third-order valence-electron chi connectivity index (χ3n) is 2.83. The molecule has 15 heavy (non-hydrogen) atoms. The second kappa shape index (κ2) is 5.43. The molecule has 0 aliphatic carbocycles. The predicted molar refractivity (Wildman–Crippen MR) is 67.5 cm³/mol. The first-order chi connectivity index (χ1) is 7.29. The number of rotatable bonds is 4. The Morgan fingerprint density at radius 2 is 2.60 bits per heavy atom. The minimum atomic E-state index is 0.399. The SMILES string of the molecule is CNC(Cc1cc(Br)cs1)C1CCCO1. The number of halogens is 1. The van der Waals surface area contributed by atoms with Gasteiger partial charge in [0.25, 0.3) is 0 Å². The molecule has 0 bridgehead atoms. The van der Waals surface area contributed by atoms with E-state index in [0.29, 0.717) is 12.1 Å². The Morgan fingerprint density at radius 1 is 1.73 bits per heavy atom. The highest BCUT2D eigenvalue weighted by molar-refractivity contribution is 9.10. The van der Waals surface area contributed by atoms with Crippen LogP contribution in [0, 0.1) is 0 Å². The van der Waals surface area contributed by atoms with Crippen molar-refractivity contribution in [2.24, 2.45) is 0 Å². The van der Waals surface area contributed by atoms with Gasteiger partial charge in [0.15, 0.2) is 0 Å². The summed E-state index contributed by atoms with van der Waals surface area (Å²) in [6.07, 6.45) is 3.86. The molecule has 1 N–H and O–H groups in total. The third kappa shape index (κ3) is 3.03. The molecule has 0 aromatic carbocycles. The molecule has 2 unspecified atom stereocenters. The van der Waals surface area contributed by atoms with E-state index < -0.39 is 0 Å². The van der Waals surface area contributed by atoms with E-state index in [0.717, 1.165) is 13.0 Å². The maximum absolute atomic E-state index is 5.72. The van der Waals surface area contributed by atoms with Gasteiger partial charge in [-0.15, -0.1) is 11.3 Å². The minimum Gasteiger partial charge on any atom is -0.377 e. The Balaban J connectivity index is 1.95. The number of nitrogens with one attached hydrogen (secondary N) is 1. The molecule has 2 nitrogen and oxygen atoms in total. The second-order valence-corrected chi connectivity index (χ2v) is 5.79. The monoisotopic (exact) mass is 289 g/mol. The molecular weight excluding hydrogens is 274 g/mol. The standard InChI is InChI=1S/C11H16BrNOS/c1-13-10(11-3-2-4-14-11)6-9-5-8(12)7-15-9/h5,7,10-11,13H,2-4,6H2,1H3. The summed E-state index contributed by atoms with van der Waals surface area (Å²) in [6.45, 7) is 0.928. The van der Waals surface area contributed by atoms with Gasteiger partial charge in [0.2, 0.25) is 0 Å². The van der Waals surface area contributed by atoms with E-state index in [1.54, 1.807) is 0 Å². The van der Waals surface area contributed by atoms with Gasteiger partial charge < -0.3 is 10.1 Å². The summed E-state index contributed by atoms with van der Waals surface area (Å²) >= 11 is 5.30. The highest BCUT2D eigenvalue weighted by atomic mass is 79.9. The smallest absolute Gasteiger partial charge is 0.0732 e. The lowest BCUT2D eigenvalue weighted by Crippen LogP contribution is -2.38. The number of thiophene rings is 1. The Kier molecular flexibility index (Phi) is 4.20.